The van der Waals surface area contributed by atoms with Gasteiger partial charge in [-0.2, -0.15) is 0 Å². The summed E-state index contributed by atoms with van der Waals surface area (Å²) in [5.41, 5.74) is 3.12. The highest BCUT2D eigenvalue weighted by atomic mass is 35.5. The first kappa shape index (κ1) is 17.6. The number of imidazole rings is 1. The Kier molecular flexibility index (Phi) is 5.12. The summed E-state index contributed by atoms with van der Waals surface area (Å²) in [6, 6.07) is 26.0. The Balaban J connectivity index is 1.78. The van der Waals surface area contributed by atoms with E-state index in [4.69, 9.17) is 21.3 Å². The molecule has 1 unspecified atom stereocenters. The zero-order chi connectivity index (χ0) is 18.6. The van der Waals surface area contributed by atoms with Crippen molar-refractivity contribution in [1.29, 1.82) is 0 Å². The first-order valence-corrected chi connectivity index (χ1v) is 9.54. The summed E-state index contributed by atoms with van der Waals surface area (Å²) in [4.78, 5) is 4.90. The summed E-state index contributed by atoms with van der Waals surface area (Å²) >= 11 is 6.42. The molecule has 0 aliphatic heterocycles. The van der Waals surface area contributed by atoms with Crippen LogP contribution in [0.5, 0.6) is 5.75 Å². The molecule has 136 valence electrons. The summed E-state index contributed by atoms with van der Waals surface area (Å²) in [6.07, 6.45) is 0.683. The molecule has 1 heterocycles. The van der Waals surface area contributed by atoms with Crippen LogP contribution in [0.2, 0.25) is 5.02 Å². The normalized spacial score (nSPS) is 12.2. The summed E-state index contributed by atoms with van der Waals surface area (Å²) in [5.74, 6) is 1.77. The summed E-state index contributed by atoms with van der Waals surface area (Å²) in [6.45, 7) is 2.77. The van der Waals surface area contributed by atoms with E-state index in [1.54, 1.807) is 0 Å². The molecule has 3 nitrogen and oxygen atoms in total. The maximum Gasteiger partial charge on any atom is 0.156 e. The van der Waals surface area contributed by atoms with E-state index in [9.17, 15) is 0 Å². The number of rotatable bonds is 6. The van der Waals surface area contributed by atoms with Gasteiger partial charge in [0.05, 0.1) is 17.6 Å². The molecule has 1 aromatic heterocycles. The third-order valence-electron chi connectivity index (χ3n) is 4.65. The second kappa shape index (κ2) is 7.85. The van der Waals surface area contributed by atoms with Gasteiger partial charge in [-0.25, -0.2) is 4.98 Å². The van der Waals surface area contributed by atoms with E-state index >= 15 is 0 Å². The van der Waals surface area contributed by atoms with E-state index in [-0.39, 0.29) is 6.10 Å². The lowest BCUT2D eigenvalue weighted by atomic mass is 10.2. The lowest BCUT2D eigenvalue weighted by Gasteiger charge is -2.19. The smallest absolute Gasteiger partial charge is 0.156 e. The molecule has 0 fully saturated rings. The van der Waals surface area contributed by atoms with Crippen LogP contribution in [0.4, 0.5) is 0 Å². The van der Waals surface area contributed by atoms with Crippen LogP contribution < -0.4 is 4.74 Å². The maximum absolute atomic E-state index is 6.42. The predicted octanol–water partition coefficient (Wildman–Crippen LogP) is 6.27. The number of fused-ring (bicyclic) bond motifs is 1. The fourth-order valence-electron chi connectivity index (χ4n) is 3.29. The maximum atomic E-state index is 6.42. The number of hydrogen-bond donors (Lipinski definition) is 0. The topological polar surface area (TPSA) is 27.1 Å². The Labute approximate surface area is 164 Å². The molecule has 3 aromatic carbocycles. The van der Waals surface area contributed by atoms with E-state index < -0.39 is 0 Å². The fourth-order valence-corrected chi connectivity index (χ4v) is 3.48. The number of nitrogens with zero attached hydrogens (tertiary/aromatic N) is 2. The lowest BCUT2D eigenvalue weighted by Crippen LogP contribution is -2.15. The minimum atomic E-state index is -0.137. The first-order valence-electron chi connectivity index (χ1n) is 9.16. The molecule has 1 atom stereocenters. The van der Waals surface area contributed by atoms with E-state index in [1.165, 1.54) is 0 Å². The molecule has 4 heteroatoms. The van der Waals surface area contributed by atoms with Gasteiger partial charge in [-0.05, 0) is 42.3 Å². The molecule has 0 amide bonds. The van der Waals surface area contributed by atoms with Gasteiger partial charge in [-0.3, -0.25) is 0 Å². The Morgan fingerprint density at radius 3 is 2.41 bits per heavy atom. The van der Waals surface area contributed by atoms with E-state index in [1.807, 2.05) is 66.7 Å². The van der Waals surface area contributed by atoms with E-state index in [2.05, 4.69) is 23.6 Å². The van der Waals surface area contributed by atoms with Gasteiger partial charge in [0.15, 0.2) is 11.9 Å². The minimum absolute atomic E-state index is 0.137. The second-order valence-corrected chi connectivity index (χ2v) is 6.87. The molecule has 0 saturated carbocycles. The van der Waals surface area contributed by atoms with Crippen LogP contribution in [0.25, 0.3) is 11.0 Å². The van der Waals surface area contributed by atoms with Gasteiger partial charge >= 0.3 is 0 Å². The minimum Gasteiger partial charge on any atom is -0.483 e. The third kappa shape index (κ3) is 3.69. The molecular weight excluding hydrogens is 356 g/mol. The third-order valence-corrected chi connectivity index (χ3v) is 5.02. The Hall–Kier alpha value is -2.78. The zero-order valence-electron chi connectivity index (χ0n) is 15.2. The molecule has 0 aliphatic carbocycles. The molecular formula is C23H21ClN2O. The van der Waals surface area contributed by atoms with Crippen molar-refractivity contribution in [3.63, 3.8) is 0 Å². The number of benzene rings is 3. The van der Waals surface area contributed by atoms with Gasteiger partial charge < -0.3 is 9.30 Å². The number of aromatic nitrogens is 2. The van der Waals surface area contributed by atoms with Gasteiger partial charge in [0.25, 0.3) is 0 Å². The number of halogens is 1. The van der Waals surface area contributed by atoms with Gasteiger partial charge in [-0.1, -0.05) is 67.1 Å². The largest absolute Gasteiger partial charge is 0.483 e. The van der Waals surface area contributed by atoms with Crippen molar-refractivity contribution in [3.05, 3.63) is 95.3 Å². The predicted molar refractivity (Wildman–Crippen MR) is 110 cm³/mol. The molecule has 0 spiro atoms. The van der Waals surface area contributed by atoms with Gasteiger partial charge in [0, 0.05) is 5.02 Å². The first-order chi connectivity index (χ1) is 13.3. The highest BCUT2D eigenvalue weighted by Gasteiger charge is 2.21. The fraction of sp³-hybridized carbons (Fsp3) is 0.174. The van der Waals surface area contributed by atoms with Crippen LogP contribution in [0, 0.1) is 0 Å². The van der Waals surface area contributed by atoms with Crippen LogP contribution >= 0.6 is 11.6 Å². The molecule has 0 aliphatic rings. The van der Waals surface area contributed by atoms with Gasteiger partial charge in [0.2, 0.25) is 0 Å². The van der Waals surface area contributed by atoms with Crippen LogP contribution in [0.3, 0.4) is 0 Å². The van der Waals surface area contributed by atoms with Crippen LogP contribution in [-0.4, -0.2) is 9.55 Å². The summed E-state index contributed by atoms with van der Waals surface area (Å²) in [5, 5.41) is 0.762. The highest BCUT2D eigenvalue weighted by Crippen LogP contribution is 2.29. The van der Waals surface area contributed by atoms with Crippen molar-refractivity contribution in [3.8, 4) is 5.75 Å². The quantitative estimate of drug-likeness (QED) is 0.396. The van der Waals surface area contributed by atoms with Gasteiger partial charge in [0.1, 0.15) is 5.75 Å². The molecule has 0 N–H and O–H groups in total. The number of hydrogen-bond acceptors (Lipinski definition) is 2. The second-order valence-electron chi connectivity index (χ2n) is 6.46. The average Bonchev–Trinajstić information content (AvgIpc) is 3.07. The van der Waals surface area contributed by atoms with Crippen LogP contribution in [0.1, 0.15) is 30.8 Å². The Morgan fingerprint density at radius 2 is 1.63 bits per heavy atom. The highest BCUT2D eigenvalue weighted by molar-refractivity contribution is 6.31. The Morgan fingerprint density at radius 1 is 0.926 bits per heavy atom. The van der Waals surface area contributed by atoms with Crippen molar-refractivity contribution >= 4 is 22.6 Å². The zero-order valence-corrected chi connectivity index (χ0v) is 15.9. The molecule has 0 bridgehead atoms. The molecule has 27 heavy (non-hydrogen) atoms. The number of ether oxygens (including phenoxy) is 1. The van der Waals surface area contributed by atoms with Crippen LogP contribution in [-0.2, 0) is 6.54 Å². The monoisotopic (exact) mass is 376 g/mol. The lowest BCUT2D eigenvalue weighted by molar-refractivity contribution is 0.187. The summed E-state index contributed by atoms with van der Waals surface area (Å²) < 4.78 is 8.49. The summed E-state index contributed by atoms with van der Waals surface area (Å²) in [7, 11) is 0. The molecule has 4 aromatic rings. The SMILES string of the molecule is CCC(Oc1ccccc1)c1nc2ccccc2n1Cc1ccccc1Cl. The molecule has 0 radical (unpaired) electrons. The molecule has 0 saturated heterocycles. The van der Waals surface area contributed by atoms with Gasteiger partial charge in [-0.15, -0.1) is 0 Å². The Bertz CT molecular complexity index is 1040. The molecule has 4 rings (SSSR count). The van der Waals surface area contributed by atoms with Crippen molar-refractivity contribution in [2.24, 2.45) is 0 Å². The number of para-hydroxylation sites is 3. The van der Waals surface area contributed by atoms with Crippen LogP contribution in [0.15, 0.2) is 78.9 Å². The standard InChI is InChI=1S/C23H21ClN2O/c1-2-22(27-18-11-4-3-5-12-18)23-25-20-14-8-9-15-21(20)26(23)16-17-10-6-7-13-19(17)24/h3-15,22H,2,16H2,1H3. The van der Waals surface area contributed by atoms with Crippen molar-refractivity contribution in [1.82, 2.24) is 9.55 Å². The van der Waals surface area contributed by atoms with E-state index in [0.717, 1.165) is 39.6 Å². The average molecular weight is 377 g/mol. The van der Waals surface area contributed by atoms with Crippen molar-refractivity contribution in [2.45, 2.75) is 26.0 Å². The van der Waals surface area contributed by atoms with Crippen molar-refractivity contribution in [2.75, 3.05) is 0 Å². The van der Waals surface area contributed by atoms with E-state index in [0.29, 0.717) is 6.54 Å². The van der Waals surface area contributed by atoms with Crippen molar-refractivity contribution < 1.29 is 4.74 Å².